The molecule has 102 valence electrons. The van der Waals surface area contributed by atoms with Gasteiger partial charge in [-0.15, -0.1) is 0 Å². The third-order valence-corrected chi connectivity index (χ3v) is 3.93. The highest BCUT2D eigenvalue weighted by atomic mass is 79.9. The van der Waals surface area contributed by atoms with Gasteiger partial charge in [0.05, 0.1) is 11.3 Å². The lowest BCUT2D eigenvalue weighted by Gasteiger charge is -2.22. The lowest BCUT2D eigenvalue weighted by molar-refractivity contribution is 0.813. The van der Waals surface area contributed by atoms with Crippen molar-refractivity contribution in [2.45, 2.75) is 13.0 Å². The van der Waals surface area contributed by atoms with Crippen molar-refractivity contribution >= 4 is 27.3 Å². The number of rotatable bonds is 3. The minimum atomic E-state index is -0.0184. The molecule has 0 amide bonds. The summed E-state index contributed by atoms with van der Waals surface area (Å²) in [5.74, 6) is 0. The van der Waals surface area contributed by atoms with Gasteiger partial charge >= 0.3 is 0 Å². The summed E-state index contributed by atoms with van der Waals surface area (Å²) in [6.07, 6.45) is 0. The molecule has 4 heteroatoms. The highest BCUT2D eigenvalue weighted by molar-refractivity contribution is 9.10. The second-order valence-corrected chi connectivity index (χ2v) is 5.54. The van der Waals surface area contributed by atoms with Gasteiger partial charge in [0.1, 0.15) is 6.07 Å². The van der Waals surface area contributed by atoms with Crippen molar-refractivity contribution in [2.75, 3.05) is 11.9 Å². The topological polar surface area (TPSA) is 53.0 Å². The minimum Gasteiger partial charge on any atom is -0.344 e. The van der Waals surface area contributed by atoms with Crippen LogP contribution in [-0.2, 0) is 0 Å². The second kappa shape index (κ2) is 6.08. The fourth-order valence-corrected chi connectivity index (χ4v) is 2.82. The average Bonchev–Trinajstić information content (AvgIpc) is 2.45. The first-order valence-electron chi connectivity index (χ1n) is 6.32. The van der Waals surface area contributed by atoms with E-state index in [-0.39, 0.29) is 6.04 Å². The van der Waals surface area contributed by atoms with E-state index in [4.69, 9.17) is 5.73 Å². The molecule has 0 aliphatic heterocycles. The monoisotopic (exact) mass is 329 g/mol. The van der Waals surface area contributed by atoms with Crippen molar-refractivity contribution in [3.63, 3.8) is 0 Å². The van der Waals surface area contributed by atoms with E-state index in [2.05, 4.69) is 22.0 Å². The summed E-state index contributed by atoms with van der Waals surface area (Å²) in [6, 6.07) is 15.8. The predicted molar refractivity (Wildman–Crippen MR) is 86.0 cm³/mol. The van der Waals surface area contributed by atoms with Crippen LogP contribution in [0.2, 0.25) is 0 Å². The first kappa shape index (κ1) is 14.6. The van der Waals surface area contributed by atoms with Crippen molar-refractivity contribution in [2.24, 2.45) is 5.73 Å². The maximum atomic E-state index is 9.18. The number of halogens is 1. The number of hydrogen-bond acceptors (Lipinski definition) is 3. The zero-order valence-corrected chi connectivity index (χ0v) is 13.1. The summed E-state index contributed by atoms with van der Waals surface area (Å²) >= 11 is 3.55. The zero-order chi connectivity index (χ0) is 14.7. The van der Waals surface area contributed by atoms with E-state index in [0.717, 1.165) is 21.4 Å². The van der Waals surface area contributed by atoms with Crippen LogP contribution in [0.5, 0.6) is 0 Å². The lowest BCUT2D eigenvalue weighted by atomic mass is 10.1. The van der Waals surface area contributed by atoms with E-state index in [9.17, 15) is 5.26 Å². The first-order valence-corrected chi connectivity index (χ1v) is 7.11. The Morgan fingerprint density at radius 2 is 1.95 bits per heavy atom. The van der Waals surface area contributed by atoms with Crippen molar-refractivity contribution in [1.82, 2.24) is 0 Å². The largest absolute Gasteiger partial charge is 0.344 e. The van der Waals surface area contributed by atoms with Crippen LogP contribution in [0.25, 0.3) is 0 Å². The van der Waals surface area contributed by atoms with E-state index in [1.807, 2.05) is 61.3 Å². The molecule has 20 heavy (non-hydrogen) atoms. The number of nitrogens with two attached hydrogens (primary N) is 1. The minimum absolute atomic E-state index is 0.0184. The third kappa shape index (κ3) is 2.84. The molecular formula is C16H16BrN3. The standard InChI is InChI=1S/C16H16BrN3/c1-11(19)14-8-7-13(9-15(14)17)20(2)16-6-4-3-5-12(16)10-18/h3-9,11H,19H2,1-2H3. The maximum Gasteiger partial charge on any atom is 0.101 e. The number of benzene rings is 2. The summed E-state index contributed by atoms with van der Waals surface area (Å²) in [4.78, 5) is 1.99. The van der Waals surface area contributed by atoms with Crippen molar-refractivity contribution < 1.29 is 0 Å². The molecule has 1 atom stereocenters. The molecule has 0 saturated carbocycles. The molecule has 0 spiro atoms. The van der Waals surface area contributed by atoms with Gasteiger partial charge in [0.15, 0.2) is 0 Å². The molecule has 0 aromatic heterocycles. The highest BCUT2D eigenvalue weighted by Crippen LogP contribution is 2.31. The van der Waals surface area contributed by atoms with Crippen LogP contribution < -0.4 is 10.6 Å². The fraction of sp³-hybridized carbons (Fsp3) is 0.188. The van der Waals surface area contributed by atoms with E-state index in [1.165, 1.54) is 0 Å². The van der Waals surface area contributed by atoms with Crippen molar-refractivity contribution in [3.05, 3.63) is 58.1 Å². The first-order chi connectivity index (χ1) is 9.54. The smallest absolute Gasteiger partial charge is 0.101 e. The van der Waals surface area contributed by atoms with Crippen LogP contribution in [0.3, 0.4) is 0 Å². The van der Waals surface area contributed by atoms with E-state index < -0.39 is 0 Å². The summed E-state index contributed by atoms with van der Waals surface area (Å²) in [5.41, 5.74) is 9.52. The van der Waals surface area contributed by atoms with Crippen LogP contribution in [0, 0.1) is 11.3 Å². The number of hydrogen-bond donors (Lipinski definition) is 1. The Morgan fingerprint density at radius 1 is 1.25 bits per heavy atom. The number of para-hydroxylation sites is 1. The summed E-state index contributed by atoms with van der Waals surface area (Å²) in [5, 5.41) is 9.18. The van der Waals surface area contributed by atoms with Crippen LogP contribution in [-0.4, -0.2) is 7.05 Å². The maximum absolute atomic E-state index is 9.18. The van der Waals surface area contributed by atoms with Gasteiger partial charge in [0.25, 0.3) is 0 Å². The van der Waals surface area contributed by atoms with Crippen LogP contribution in [0.4, 0.5) is 11.4 Å². The average molecular weight is 330 g/mol. The number of nitrogens with zero attached hydrogens (tertiary/aromatic N) is 2. The predicted octanol–water partition coefficient (Wildman–Crippen LogP) is 4.11. The molecule has 1 unspecified atom stereocenters. The second-order valence-electron chi connectivity index (χ2n) is 4.68. The molecule has 0 heterocycles. The Hall–Kier alpha value is -1.83. The van der Waals surface area contributed by atoms with Crippen LogP contribution >= 0.6 is 15.9 Å². The normalized spacial score (nSPS) is 11.8. The molecule has 2 aromatic carbocycles. The van der Waals surface area contributed by atoms with Gasteiger partial charge in [-0.05, 0) is 36.8 Å². The Bertz CT molecular complexity index is 659. The Balaban J connectivity index is 2.42. The van der Waals surface area contributed by atoms with Gasteiger partial charge in [0.2, 0.25) is 0 Å². The number of anilines is 2. The molecule has 3 nitrogen and oxygen atoms in total. The highest BCUT2D eigenvalue weighted by Gasteiger charge is 2.11. The molecule has 0 aliphatic rings. The van der Waals surface area contributed by atoms with Gasteiger partial charge in [-0.3, -0.25) is 0 Å². The molecule has 2 rings (SSSR count). The fourth-order valence-electron chi connectivity index (χ4n) is 2.09. The van der Waals surface area contributed by atoms with Crippen molar-refractivity contribution in [1.29, 1.82) is 5.26 Å². The molecule has 0 bridgehead atoms. The Kier molecular flexibility index (Phi) is 4.43. The van der Waals surface area contributed by atoms with Gasteiger partial charge in [-0.25, -0.2) is 0 Å². The molecule has 0 saturated heterocycles. The molecule has 2 N–H and O–H groups in total. The SMILES string of the molecule is CC(N)c1ccc(N(C)c2ccccc2C#N)cc1Br. The van der Waals surface area contributed by atoms with Gasteiger partial charge < -0.3 is 10.6 Å². The Labute approximate surface area is 127 Å². The third-order valence-electron chi connectivity index (χ3n) is 3.25. The van der Waals surface area contributed by atoms with E-state index in [1.54, 1.807) is 0 Å². The van der Waals surface area contributed by atoms with E-state index in [0.29, 0.717) is 5.56 Å². The van der Waals surface area contributed by atoms with Gasteiger partial charge in [-0.1, -0.05) is 34.1 Å². The summed E-state index contributed by atoms with van der Waals surface area (Å²) in [7, 11) is 1.95. The number of nitriles is 1. The zero-order valence-electron chi connectivity index (χ0n) is 11.5. The molecule has 0 fully saturated rings. The van der Waals surface area contributed by atoms with E-state index >= 15 is 0 Å². The van der Waals surface area contributed by atoms with Crippen LogP contribution in [0.15, 0.2) is 46.9 Å². The quantitative estimate of drug-likeness (QED) is 0.921. The molecular weight excluding hydrogens is 314 g/mol. The van der Waals surface area contributed by atoms with Crippen LogP contribution in [0.1, 0.15) is 24.1 Å². The van der Waals surface area contributed by atoms with Crippen molar-refractivity contribution in [3.8, 4) is 6.07 Å². The molecule has 0 radical (unpaired) electrons. The molecule has 2 aromatic rings. The molecule has 0 aliphatic carbocycles. The van der Waals surface area contributed by atoms with Gasteiger partial charge in [-0.2, -0.15) is 5.26 Å². The lowest BCUT2D eigenvalue weighted by Crippen LogP contribution is -2.12. The summed E-state index contributed by atoms with van der Waals surface area (Å²) in [6.45, 7) is 1.95. The van der Waals surface area contributed by atoms with Gasteiger partial charge in [0, 0.05) is 23.2 Å². The summed E-state index contributed by atoms with van der Waals surface area (Å²) < 4.78 is 0.978. The Morgan fingerprint density at radius 3 is 2.55 bits per heavy atom.